The Morgan fingerprint density at radius 1 is 0.571 bits per heavy atom. The molecule has 2 atom stereocenters. The molecule has 2 nitrogen and oxygen atoms in total. The molecule has 3 aliphatic rings. The molecule has 0 radical (unpaired) electrons. The first kappa shape index (κ1) is 19.3. The van der Waals surface area contributed by atoms with E-state index in [2.05, 4.69) is 0 Å². The molecule has 0 aromatic heterocycles. The van der Waals surface area contributed by atoms with E-state index in [1.165, 1.54) is 36.4 Å². The van der Waals surface area contributed by atoms with Crippen molar-refractivity contribution in [3.8, 4) is 0 Å². The lowest BCUT2D eigenvalue weighted by Crippen LogP contribution is -2.58. The second-order valence-corrected chi connectivity index (χ2v) is 7.13. The van der Waals surface area contributed by atoms with Crippen molar-refractivity contribution in [2.75, 3.05) is 26.2 Å². The zero-order valence-corrected chi connectivity index (χ0v) is 14.8. The molecule has 2 bridgehead atoms. The van der Waals surface area contributed by atoms with Crippen LogP contribution in [0.2, 0.25) is 0 Å². The van der Waals surface area contributed by atoms with Gasteiger partial charge in [-0.3, -0.25) is 9.80 Å². The summed E-state index contributed by atoms with van der Waals surface area (Å²) in [6, 6.07) is 8.83. The van der Waals surface area contributed by atoms with Crippen LogP contribution < -0.4 is 0 Å². The smallest absolute Gasteiger partial charge is 0.292 e. The monoisotopic (exact) mass is 400 g/mol. The lowest BCUT2D eigenvalue weighted by atomic mass is 9.82. The first-order chi connectivity index (χ1) is 13.2. The lowest BCUT2D eigenvalue weighted by molar-refractivity contribution is -0.143. The molecule has 5 rings (SSSR count). The van der Waals surface area contributed by atoms with Crippen molar-refractivity contribution in [2.45, 2.75) is 24.4 Å². The van der Waals surface area contributed by atoms with Crippen molar-refractivity contribution < 1.29 is 26.3 Å². The minimum Gasteiger partial charge on any atom is -0.292 e. The van der Waals surface area contributed by atoms with E-state index >= 15 is 0 Å². The molecule has 3 aliphatic heterocycles. The molecule has 150 valence electrons. The average Bonchev–Trinajstić information content (AvgIpc) is 2.67. The first-order valence-electron chi connectivity index (χ1n) is 8.98. The summed E-state index contributed by atoms with van der Waals surface area (Å²) < 4.78 is 81.8. The number of hydrogen-bond donors (Lipinski definition) is 0. The van der Waals surface area contributed by atoms with Gasteiger partial charge in [0.2, 0.25) is 0 Å². The van der Waals surface area contributed by atoms with Gasteiger partial charge >= 0.3 is 12.4 Å². The average molecular weight is 400 g/mol. The number of rotatable bonds is 2. The van der Waals surface area contributed by atoms with Crippen molar-refractivity contribution >= 4 is 0 Å². The minimum absolute atomic E-state index is 0.0291. The summed E-state index contributed by atoms with van der Waals surface area (Å²) >= 11 is 0. The maximum Gasteiger partial charge on any atom is 0.416 e. The third kappa shape index (κ3) is 3.28. The molecule has 0 spiro atoms. The van der Waals surface area contributed by atoms with Crippen molar-refractivity contribution in [3.05, 3.63) is 70.8 Å². The molecule has 0 N–H and O–H groups in total. The zero-order chi connectivity index (χ0) is 20.1. The standard InChI is InChI=1S/C20H18F6N2/c21-19(22,23)15-7-3-1-5-13(15)17-18(28-11-9-27(17)10-12-28)14-6-2-4-8-16(14)20(24,25)26/h1-8,17-18H,9-12H2/t17-,18+. The number of halogens is 6. The van der Waals surface area contributed by atoms with E-state index in [0.717, 1.165) is 12.1 Å². The molecule has 0 aliphatic carbocycles. The highest BCUT2D eigenvalue weighted by molar-refractivity contribution is 5.40. The Morgan fingerprint density at radius 2 is 0.893 bits per heavy atom. The van der Waals surface area contributed by atoms with E-state index in [0.29, 0.717) is 26.2 Å². The molecule has 0 saturated carbocycles. The summed E-state index contributed by atoms with van der Waals surface area (Å²) in [5.41, 5.74) is -1.52. The van der Waals surface area contributed by atoms with E-state index in [1.807, 2.05) is 9.80 Å². The summed E-state index contributed by atoms with van der Waals surface area (Å²) in [6.45, 7) is 2.12. The van der Waals surface area contributed by atoms with Gasteiger partial charge in [-0.05, 0) is 23.3 Å². The minimum atomic E-state index is -4.57. The van der Waals surface area contributed by atoms with Gasteiger partial charge in [0.25, 0.3) is 0 Å². The maximum atomic E-state index is 13.6. The zero-order valence-electron chi connectivity index (χ0n) is 14.8. The molecule has 8 heteroatoms. The van der Waals surface area contributed by atoms with Crippen molar-refractivity contribution in [2.24, 2.45) is 0 Å². The Hall–Kier alpha value is -2.06. The first-order valence-corrected chi connectivity index (χ1v) is 8.98. The Balaban J connectivity index is 1.89. The Labute approximate surface area is 158 Å². The van der Waals surface area contributed by atoms with Crippen LogP contribution in [0.15, 0.2) is 48.5 Å². The van der Waals surface area contributed by atoms with Gasteiger partial charge in [-0.2, -0.15) is 26.3 Å². The highest BCUT2D eigenvalue weighted by Crippen LogP contribution is 2.49. The SMILES string of the molecule is FC(F)(F)c1ccccc1[C@@H]1[C@H](c2ccccc2C(F)(F)F)N2CCN1CC2. The van der Waals surface area contributed by atoms with E-state index in [-0.39, 0.29) is 11.1 Å². The van der Waals surface area contributed by atoms with Gasteiger partial charge in [0, 0.05) is 26.2 Å². The third-order valence-electron chi connectivity index (χ3n) is 5.60. The summed E-state index contributed by atoms with van der Waals surface area (Å²) in [5.74, 6) is 0. The molecule has 3 fully saturated rings. The van der Waals surface area contributed by atoms with Crippen LogP contribution in [0.1, 0.15) is 34.3 Å². The maximum absolute atomic E-state index is 13.6. The number of nitrogens with zero attached hydrogens (tertiary/aromatic N) is 2. The van der Waals surface area contributed by atoms with Crippen LogP contribution in [0.3, 0.4) is 0 Å². The number of hydrogen-bond acceptors (Lipinski definition) is 2. The van der Waals surface area contributed by atoms with Crippen molar-refractivity contribution in [3.63, 3.8) is 0 Å². The predicted octanol–water partition coefficient (Wildman–Crippen LogP) is 5.14. The third-order valence-corrected chi connectivity index (χ3v) is 5.60. The largest absolute Gasteiger partial charge is 0.416 e. The quantitative estimate of drug-likeness (QED) is 0.645. The summed E-state index contributed by atoms with van der Waals surface area (Å²) in [7, 11) is 0. The van der Waals surface area contributed by atoms with Crippen LogP contribution in [-0.4, -0.2) is 36.0 Å². The summed E-state index contributed by atoms with van der Waals surface area (Å²) in [4.78, 5) is 3.75. The summed E-state index contributed by atoms with van der Waals surface area (Å²) in [5, 5.41) is 0. The Bertz CT molecular complexity index is 781. The second kappa shape index (κ2) is 6.77. The van der Waals surface area contributed by atoms with Gasteiger partial charge in [-0.15, -0.1) is 0 Å². The summed E-state index contributed by atoms with van der Waals surface area (Å²) in [6.07, 6.45) is -9.14. The molecule has 28 heavy (non-hydrogen) atoms. The second-order valence-electron chi connectivity index (χ2n) is 7.13. The Kier molecular flexibility index (Phi) is 4.66. The van der Waals surface area contributed by atoms with Gasteiger partial charge in [0.05, 0.1) is 23.2 Å². The fourth-order valence-electron chi connectivity index (χ4n) is 4.45. The Morgan fingerprint density at radius 3 is 1.21 bits per heavy atom. The van der Waals surface area contributed by atoms with Crippen molar-refractivity contribution in [1.29, 1.82) is 0 Å². The lowest BCUT2D eigenvalue weighted by Gasteiger charge is -2.54. The molecular formula is C20H18F6N2. The molecule has 0 unspecified atom stereocenters. The normalized spacial score (nSPS) is 27.8. The molecule has 3 saturated heterocycles. The van der Waals surface area contributed by atoms with E-state index in [4.69, 9.17) is 0 Å². The fraction of sp³-hybridized carbons (Fsp3) is 0.400. The van der Waals surface area contributed by atoms with Crippen LogP contribution in [0, 0.1) is 0 Å². The van der Waals surface area contributed by atoms with E-state index in [1.54, 1.807) is 0 Å². The number of benzene rings is 2. The number of fused-ring (bicyclic) bond motifs is 3. The molecule has 3 heterocycles. The highest BCUT2D eigenvalue weighted by Gasteiger charge is 2.48. The van der Waals surface area contributed by atoms with Crippen LogP contribution in [-0.2, 0) is 12.4 Å². The number of alkyl halides is 6. The topological polar surface area (TPSA) is 6.48 Å². The highest BCUT2D eigenvalue weighted by atomic mass is 19.4. The van der Waals surface area contributed by atoms with Crippen LogP contribution in [0.25, 0.3) is 0 Å². The number of piperazine rings is 3. The van der Waals surface area contributed by atoms with Gasteiger partial charge < -0.3 is 0 Å². The fourth-order valence-corrected chi connectivity index (χ4v) is 4.45. The molecular weight excluding hydrogens is 382 g/mol. The van der Waals surface area contributed by atoms with Crippen LogP contribution >= 0.6 is 0 Å². The molecule has 2 aromatic carbocycles. The van der Waals surface area contributed by atoms with E-state index in [9.17, 15) is 26.3 Å². The predicted molar refractivity (Wildman–Crippen MR) is 91.5 cm³/mol. The van der Waals surface area contributed by atoms with Gasteiger partial charge in [-0.25, -0.2) is 0 Å². The van der Waals surface area contributed by atoms with Gasteiger partial charge in [0.1, 0.15) is 0 Å². The molecule has 0 amide bonds. The van der Waals surface area contributed by atoms with Crippen molar-refractivity contribution in [1.82, 2.24) is 9.80 Å². The van der Waals surface area contributed by atoms with Gasteiger partial charge in [0.15, 0.2) is 0 Å². The van der Waals surface area contributed by atoms with E-state index < -0.39 is 35.6 Å². The molecule has 2 aromatic rings. The van der Waals surface area contributed by atoms with Gasteiger partial charge in [-0.1, -0.05) is 36.4 Å². The van der Waals surface area contributed by atoms with Crippen LogP contribution in [0.5, 0.6) is 0 Å². The van der Waals surface area contributed by atoms with Crippen LogP contribution in [0.4, 0.5) is 26.3 Å².